The summed E-state index contributed by atoms with van der Waals surface area (Å²) in [5, 5.41) is 38.8. The number of rotatable bonds is 32. The molecule has 0 radical (unpaired) electrons. The largest absolute Gasteiger partial charge is 0.479 e. The SMILES string of the molecule is O=C(CCCCCCCCCOCCN(CCCCc1ccc2c(n1)NCCC2)CCS[C@H](Nc1ncnc2ccccc12)C(=O)O)NCCCCCC(=O)N1C[C@H](O)C[C@H]1CO. The molecule has 2 aromatic heterocycles. The van der Waals surface area contributed by atoms with Gasteiger partial charge in [0.2, 0.25) is 11.8 Å². The number of aromatic nitrogens is 3. The molecule has 3 aromatic rings. The Morgan fingerprint density at radius 1 is 0.905 bits per heavy atom. The van der Waals surface area contributed by atoms with Crippen LogP contribution in [0.3, 0.4) is 0 Å². The van der Waals surface area contributed by atoms with Crippen molar-refractivity contribution in [1.82, 2.24) is 30.1 Å². The van der Waals surface area contributed by atoms with Crippen molar-refractivity contribution >= 4 is 52.1 Å². The number of likely N-dealkylation sites (tertiary alicyclic amines) is 1. The van der Waals surface area contributed by atoms with Gasteiger partial charge in [0, 0.05) is 69.0 Å². The van der Waals surface area contributed by atoms with E-state index in [0.29, 0.717) is 50.5 Å². The smallest absolute Gasteiger partial charge is 0.336 e. The molecule has 0 spiro atoms. The predicted molar refractivity (Wildman–Crippen MR) is 250 cm³/mol. The van der Waals surface area contributed by atoms with Crippen LogP contribution in [0.1, 0.15) is 114 Å². The summed E-state index contributed by atoms with van der Waals surface area (Å²) >= 11 is 1.37. The molecular weight excluding hydrogens is 821 g/mol. The first-order chi connectivity index (χ1) is 30.8. The highest BCUT2D eigenvalue weighted by Crippen LogP contribution is 2.24. The quantitative estimate of drug-likeness (QED) is 0.0313. The first-order valence-corrected chi connectivity index (χ1v) is 24.5. The number of ether oxygens (including phenoxy) is 1. The van der Waals surface area contributed by atoms with Gasteiger partial charge in [-0.3, -0.25) is 9.59 Å². The zero-order chi connectivity index (χ0) is 44.5. The van der Waals surface area contributed by atoms with Crippen LogP contribution in [0, 0.1) is 0 Å². The molecule has 348 valence electrons. The summed E-state index contributed by atoms with van der Waals surface area (Å²) in [7, 11) is 0. The van der Waals surface area contributed by atoms with Gasteiger partial charge in [0.1, 0.15) is 18.0 Å². The van der Waals surface area contributed by atoms with Gasteiger partial charge in [-0.15, -0.1) is 11.8 Å². The topological polar surface area (TPSA) is 202 Å². The van der Waals surface area contributed by atoms with Crippen LogP contribution in [-0.2, 0) is 32.0 Å². The first kappa shape index (κ1) is 49.9. The molecule has 3 atom stereocenters. The number of carboxylic acids is 1. The van der Waals surface area contributed by atoms with Gasteiger partial charge in [0.15, 0.2) is 5.37 Å². The van der Waals surface area contributed by atoms with Gasteiger partial charge < -0.3 is 45.8 Å². The molecule has 1 saturated heterocycles. The Morgan fingerprint density at radius 3 is 2.54 bits per heavy atom. The molecule has 1 aromatic carbocycles. The van der Waals surface area contributed by atoms with Crippen molar-refractivity contribution < 1.29 is 34.4 Å². The normalized spacial score (nSPS) is 16.5. The fraction of sp³-hybridized carbons (Fsp3) is 0.660. The average Bonchev–Trinajstić information content (AvgIpc) is 3.69. The van der Waals surface area contributed by atoms with Crippen LogP contribution in [-0.4, -0.2) is 140 Å². The Bertz CT molecular complexity index is 1820. The summed E-state index contributed by atoms with van der Waals surface area (Å²) in [6.45, 7) is 5.58. The Morgan fingerprint density at radius 2 is 1.70 bits per heavy atom. The summed E-state index contributed by atoms with van der Waals surface area (Å²) in [4.78, 5) is 54.4. The minimum absolute atomic E-state index is 0.0165. The van der Waals surface area contributed by atoms with E-state index in [1.54, 1.807) is 4.90 Å². The highest BCUT2D eigenvalue weighted by Gasteiger charge is 2.33. The van der Waals surface area contributed by atoms with Crippen molar-refractivity contribution in [3.63, 3.8) is 0 Å². The van der Waals surface area contributed by atoms with Crippen molar-refractivity contribution in [2.75, 3.05) is 75.5 Å². The van der Waals surface area contributed by atoms with E-state index in [1.807, 2.05) is 24.3 Å². The number of aryl methyl sites for hydroxylation is 2. The number of β-amino-alcohol motifs (C(OH)–C–C–N with tert-alkyl or cyclic N) is 1. The van der Waals surface area contributed by atoms with Gasteiger partial charge in [-0.05, 0) is 94.5 Å². The monoisotopic (exact) mass is 893 g/mol. The molecule has 0 aliphatic carbocycles. The van der Waals surface area contributed by atoms with Crippen LogP contribution in [0.15, 0.2) is 42.7 Å². The van der Waals surface area contributed by atoms with E-state index < -0.39 is 17.4 Å². The number of nitrogens with zero attached hydrogens (tertiary/aromatic N) is 5. The maximum atomic E-state index is 12.4. The van der Waals surface area contributed by atoms with Gasteiger partial charge in [-0.1, -0.05) is 56.7 Å². The maximum absolute atomic E-state index is 12.4. The number of anilines is 2. The molecular formula is C47H72N8O7S. The average molecular weight is 893 g/mol. The van der Waals surface area contributed by atoms with Crippen LogP contribution in [0.2, 0.25) is 0 Å². The molecule has 5 rings (SSSR count). The number of hydrogen-bond acceptors (Lipinski definition) is 13. The summed E-state index contributed by atoms with van der Waals surface area (Å²) < 4.78 is 6.08. The molecule has 4 heterocycles. The van der Waals surface area contributed by atoms with Crippen LogP contribution in [0.4, 0.5) is 11.6 Å². The van der Waals surface area contributed by atoms with E-state index in [0.717, 1.165) is 152 Å². The number of aliphatic carboxylic acids is 1. The number of para-hydroxylation sites is 1. The number of thioether (sulfide) groups is 1. The Kier molecular flexibility index (Phi) is 22.7. The molecule has 2 amide bonds. The summed E-state index contributed by atoms with van der Waals surface area (Å²) in [6.07, 6.45) is 17.4. The van der Waals surface area contributed by atoms with Crippen LogP contribution in [0.25, 0.3) is 10.9 Å². The second-order valence-corrected chi connectivity index (χ2v) is 18.1. The highest BCUT2D eigenvalue weighted by atomic mass is 32.2. The van der Waals surface area contributed by atoms with Crippen LogP contribution >= 0.6 is 11.8 Å². The Labute approximate surface area is 377 Å². The predicted octanol–water partition coefficient (Wildman–Crippen LogP) is 6.03. The molecule has 0 saturated carbocycles. The molecule has 63 heavy (non-hydrogen) atoms. The number of carbonyl (C=O) groups is 3. The minimum atomic E-state index is -0.932. The van der Waals surface area contributed by atoms with E-state index in [2.05, 4.69) is 43.0 Å². The van der Waals surface area contributed by atoms with Gasteiger partial charge in [0.05, 0.1) is 30.9 Å². The highest BCUT2D eigenvalue weighted by molar-refractivity contribution is 8.00. The number of amides is 2. The van der Waals surface area contributed by atoms with Gasteiger partial charge >= 0.3 is 5.97 Å². The molecule has 0 unspecified atom stereocenters. The fourth-order valence-electron chi connectivity index (χ4n) is 8.28. The molecule has 0 bridgehead atoms. The third-order valence-corrected chi connectivity index (χ3v) is 13.0. The number of nitrogens with one attached hydrogen (secondary N) is 3. The van der Waals surface area contributed by atoms with E-state index in [9.17, 15) is 29.7 Å². The van der Waals surface area contributed by atoms with Crippen molar-refractivity contribution in [1.29, 1.82) is 0 Å². The van der Waals surface area contributed by atoms with Crippen molar-refractivity contribution in [2.24, 2.45) is 0 Å². The van der Waals surface area contributed by atoms with Crippen LogP contribution < -0.4 is 16.0 Å². The molecule has 15 nitrogen and oxygen atoms in total. The lowest BCUT2D eigenvalue weighted by Gasteiger charge is -2.23. The number of carbonyl (C=O) groups excluding carboxylic acids is 2. The number of aliphatic hydroxyl groups excluding tert-OH is 2. The number of benzene rings is 1. The van der Waals surface area contributed by atoms with Gasteiger partial charge in [-0.25, -0.2) is 19.7 Å². The molecule has 16 heteroatoms. The van der Waals surface area contributed by atoms with Crippen molar-refractivity contribution in [3.8, 4) is 0 Å². The molecule has 6 N–H and O–H groups in total. The Hall–Kier alpha value is -4.09. The number of pyridine rings is 1. The number of aliphatic hydroxyl groups is 2. The van der Waals surface area contributed by atoms with E-state index >= 15 is 0 Å². The summed E-state index contributed by atoms with van der Waals surface area (Å²) in [5.41, 5.74) is 3.19. The van der Waals surface area contributed by atoms with Crippen molar-refractivity contribution in [3.05, 3.63) is 54.0 Å². The second kappa shape index (κ2) is 28.7. The van der Waals surface area contributed by atoms with E-state index in [1.165, 1.54) is 23.7 Å². The number of fused-ring (bicyclic) bond motifs is 2. The number of hydrogen-bond donors (Lipinski definition) is 6. The van der Waals surface area contributed by atoms with E-state index in [-0.39, 0.29) is 24.5 Å². The lowest BCUT2D eigenvalue weighted by atomic mass is 10.1. The molecule has 2 aliphatic heterocycles. The number of unbranched alkanes of at least 4 members (excludes halogenated alkanes) is 9. The van der Waals surface area contributed by atoms with Gasteiger partial charge in [0.25, 0.3) is 0 Å². The fourth-order valence-corrected chi connectivity index (χ4v) is 9.22. The Balaban J connectivity index is 0.903. The maximum Gasteiger partial charge on any atom is 0.336 e. The molecule has 2 aliphatic rings. The van der Waals surface area contributed by atoms with Crippen molar-refractivity contribution in [2.45, 2.75) is 133 Å². The zero-order valence-corrected chi connectivity index (χ0v) is 38.0. The zero-order valence-electron chi connectivity index (χ0n) is 37.2. The summed E-state index contributed by atoms with van der Waals surface area (Å²) in [5.74, 6) is 1.34. The standard InChI is InChI=1S/C47H72N8O7S/c56-34-38-32-39(57)33-55(38)43(59)21-8-6-12-24-48-42(58)20-7-4-2-1-3-5-14-29-62-30-27-54(26-13-11-17-37-23-22-36-16-15-25-49-44(36)52-37)28-31-63-46(47(60)61)53-45-40-18-9-10-19-41(40)50-35-51-45/h9-10,18-19,22-23,35,38-39,46,56-57H,1-8,11-17,20-21,24-34H2,(H,48,58)(H,49,52)(H,60,61)(H,50,51,53)/t38-,39+,46-/m0/s1. The lowest BCUT2D eigenvalue weighted by Crippen LogP contribution is -2.37. The van der Waals surface area contributed by atoms with E-state index in [4.69, 9.17) is 9.72 Å². The minimum Gasteiger partial charge on any atom is -0.479 e. The van der Waals surface area contributed by atoms with Crippen LogP contribution in [0.5, 0.6) is 0 Å². The molecule has 1 fully saturated rings. The lowest BCUT2D eigenvalue weighted by molar-refractivity contribution is -0.136. The number of carboxylic acid groups (broad SMARTS) is 1. The third-order valence-electron chi connectivity index (χ3n) is 11.9. The third kappa shape index (κ3) is 18.1. The first-order valence-electron chi connectivity index (χ1n) is 23.5. The summed E-state index contributed by atoms with van der Waals surface area (Å²) in [6, 6.07) is 11.7. The van der Waals surface area contributed by atoms with Gasteiger partial charge in [-0.2, -0.15) is 0 Å². The second-order valence-electron chi connectivity index (χ2n) is 16.9.